The number of phenols is 1. The third-order valence-electron chi connectivity index (χ3n) is 5.90. The number of aromatic hydroxyl groups is 1. The molecule has 162 valence electrons. The fourth-order valence-corrected chi connectivity index (χ4v) is 4.14. The molecule has 0 radical (unpaired) electrons. The number of hydrogen-bond donors (Lipinski definition) is 1. The minimum atomic E-state index is -0.172. The molecule has 2 aromatic carbocycles. The summed E-state index contributed by atoms with van der Waals surface area (Å²) in [6.45, 7) is 5.68. The number of hydrogen-bond acceptors (Lipinski definition) is 5. The Morgan fingerprint density at radius 2 is 1.97 bits per heavy atom. The molecule has 0 saturated carbocycles. The van der Waals surface area contributed by atoms with Crippen LogP contribution < -0.4 is 9.47 Å². The first-order valence-electron chi connectivity index (χ1n) is 10.4. The third-order valence-corrected chi connectivity index (χ3v) is 5.90. The SMILES string of the molecule is COc1ccc2c(c1)c(C=C1Oc3c(ccc(O)c3C)C1=O)c(C)n2CCCN(C)C. The number of rotatable bonds is 6. The first-order chi connectivity index (χ1) is 14.8. The maximum Gasteiger partial charge on any atom is 0.231 e. The van der Waals surface area contributed by atoms with Gasteiger partial charge in [-0.1, -0.05) is 0 Å². The van der Waals surface area contributed by atoms with Crippen molar-refractivity contribution in [3.8, 4) is 17.2 Å². The van der Waals surface area contributed by atoms with Crippen LogP contribution in [0.1, 0.15) is 33.6 Å². The molecule has 6 nitrogen and oxygen atoms in total. The Morgan fingerprint density at radius 1 is 1.19 bits per heavy atom. The monoisotopic (exact) mass is 420 g/mol. The lowest BCUT2D eigenvalue weighted by Crippen LogP contribution is -2.15. The number of fused-ring (bicyclic) bond motifs is 2. The smallest absolute Gasteiger partial charge is 0.231 e. The Labute approximate surface area is 182 Å². The van der Waals surface area contributed by atoms with Gasteiger partial charge in [0.15, 0.2) is 5.76 Å². The van der Waals surface area contributed by atoms with Crippen LogP contribution in [-0.4, -0.2) is 48.1 Å². The quantitative estimate of drug-likeness (QED) is 0.593. The van der Waals surface area contributed by atoms with Crippen molar-refractivity contribution in [1.82, 2.24) is 9.47 Å². The van der Waals surface area contributed by atoms with Crippen molar-refractivity contribution in [2.75, 3.05) is 27.7 Å². The van der Waals surface area contributed by atoms with Crippen molar-refractivity contribution in [2.24, 2.45) is 0 Å². The number of allylic oxidation sites excluding steroid dienone is 1. The molecule has 0 fully saturated rings. The molecule has 1 aromatic heterocycles. The standard InChI is InChI=1S/C25H28N2O4/c1-15-22(28)10-8-18-24(29)23(31-25(15)18)14-19-16(2)27(12-6-11-26(3)4)21-9-7-17(30-5)13-20(19)21/h7-10,13-14,28H,6,11-12H2,1-5H3. The molecule has 31 heavy (non-hydrogen) atoms. The van der Waals surface area contributed by atoms with Gasteiger partial charge in [-0.05, 0) is 77.3 Å². The number of nitrogens with zero attached hydrogens (tertiary/aromatic N) is 2. The molecular weight excluding hydrogens is 392 g/mol. The van der Waals surface area contributed by atoms with Crippen LogP contribution in [0, 0.1) is 13.8 Å². The fourth-order valence-electron chi connectivity index (χ4n) is 4.14. The van der Waals surface area contributed by atoms with Crippen molar-refractivity contribution in [3.63, 3.8) is 0 Å². The van der Waals surface area contributed by atoms with Gasteiger partial charge in [0.25, 0.3) is 0 Å². The maximum absolute atomic E-state index is 13.0. The molecule has 0 spiro atoms. The molecule has 0 amide bonds. The van der Waals surface area contributed by atoms with Gasteiger partial charge in [0.2, 0.25) is 5.78 Å². The number of phenolic OH excluding ortho intramolecular Hbond substituents is 1. The van der Waals surface area contributed by atoms with Gasteiger partial charge in [0, 0.05) is 34.3 Å². The maximum atomic E-state index is 13.0. The van der Waals surface area contributed by atoms with Crippen LogP contribution in [0.15, 0.2) is 36.1 Å². The van der Waals surface area contributed by atoms with E-state index in [1.807, 2.05) is 18.2 Å². The summed E-state index contributed by atoms with van der Waals surface area (Å²) in [6.07, 6.45) is 2.83. The number of benzene rings is 2. The Hall–Kier alpha value is -3.25. The number of methoxy groups -OCH3 is 1. The Kier molecular flexibility index (Phi) is 5.50. The van der Waals surface area contributed by atoms with Gasteiger partial charge < -0.3 is 24.0 Å². The van der Waals surface area contributed by atoms with E-state index in [0.29, 0.717) is 16.9 Å². The summed E-state index contributed by atoms with van der Waals surface area (Å²) in [7, 11) is 5.79. The summed E-state index contributed by atoms with van der Waals surface area (Å²) in [5.41, 5.74) is 4.16. The highest BCUT2D eigenvalue weighted by Crippen LogP contribution is 2.40. The second kappa shape index (κ2) is 8.12. The normalized spacial score (nSPS) is 14.5. The van der Waals surface area contributed by atoms with E-state index in [2.05, 4.69) is 36.6 Å². The third kappa shape index (κ3) is 3.68. The van der Waals surface area contributed by atoms with Crippen LogP contribution in [-0.2, 0) is 6.54 Å². The summed E-state index contributed by atoms with van der Waals surface area (Å²) < 4.78 is 13.7. The van der Waals surface area contributed by atoms with Gasteiger partial charge in [0.05, 0.1) is 12.7 Å². The van der Waals surface area contributed by atoms with Gasteiger partial charge in [-0.15, -0.1) is 0 Å². The number of ketones is 1. The van der Waals surface area contributed by atoms with Crippen molar-refractivity contribution >= 4 is 22.8 Å². The van der Waals surface area contributed by atoms with Crippen LogP contribution in [0.2, 0.25) is 0 Å². The van der Waals surface area contributed by atoms with E-state index in [1.54, 1.807) is 20.1 Å². The zero-order chi connectivity index (χ0) is 22.3. The minimum Gasteiger partial charge on any atom is -0.508 e. The molecule has 0 bridgehead atoms. The van der Waals surface area contributed by atoms with Crippen LogP contribution in [0.5, 0.6) is 17.2 Å². The van der Waals surface area contributed by atoms with E-state index in [0.717, 1.165) is 47.4 Å². The molecule has 1 N–H and O–H groups in total. The molecule has 1 aliphatic heterocycles. The largest absolute Gasteiger partial charge is 0.508 e. The van der Waals surface area contributed by atoms with Gasteiger partial charge in [0.1, 0.15) is 17.2 Å². The summed E-state index contributed by atoms with van der Waals surface area (Å²) in [6, 6.07) is 9.17. The summed E-state index contributed by atoms with van der Waals surface area (Å²) in [5, 5.41) is 11.0. The molecule has 3 aromatic rings. The number of aromatic nitrogens is 1. The Balaban J connectivity index is 1.81. The van der Waals surface area contributed by atoms with E-state index >= 15 is 0 Å². The fraction of sp³-hybridized carbons (Fsp3) is 0.320. The first kappa shape index (κ1) is 21.0. The van der Waals surface area contributed by atoms with Crippen molar-refractivity contribution in [1.29, 1.82) is 0 Å². The van der Waals surface area contributed by atoms with Crippen molar-refractivity contribution < 1.29 is 19.4 Å². The average molecular weight is 421 g/mol. The summed E-state index contributed by atoms with van der Waals surface area (Å²) >= 11 is 0. The zero-order valence-electron chi connectivity index (χ0n) is 18.7. The minimum absolute atomic E-state index is 0.117. The molecule has 0 aliphatic carbocycles. The van der Waals surface area contributed by atoms with Gasteiger partial charge in [-0.3, -0.25) is 4.79 Å². The van der Waals surface area contributed by atoms with E-state index in [-0.39, 0.29) is 17.3 Å². The van der Waals surface area contributed by atoms with E-state index in [4.69, 9.17) is 9.47 Å². The number of aryl methyl sites for hydroxylation is 1. The molecule has 6 heteroatoms. The van der Waals surface area contributed by atoms with Crippen molar-refractivity contribution in [3.05, 3.63) is 58.5 Å². The van der Waals surface area contributed by atoms with Crippen LogP contribution in [0.4, 0.5) is 0 Å². The van der Waals surface area contributed by atoms with E-state index in [9.17, 15) is 9.90 Å². The zero-order valence-corrected chi connectivity index (χ0v) is 18.7. The van der Waals surface area contributed by atoms with Crippen molar-refractivity contribution in [2.45, 2.75) is 26.8 Å². The lowest BCUT2D eigenvalue weighted by Gasteiger charge is -2.12. The highest BCUT2D eigenvalue weighted by Gasteiger charge is 2.30. The molecular formula is C25H28N2O4. The Bertz CT molecular complexity index is 1200. The summed E-state index contributed by atoms with van der Waals surface area (Å²) in [5.74, 6) is 1.41. The number of carbonyl (C=O) groups excluding carboxylic acids is 1. The molecule has 4 rings (SSSR count). The first-order valence-corrected chi connectivity index (χ1v) is 10.4. The number of carbonyl (C=O) groups is 1. The van der Waals surface area contributed by atoms with Gasteiger partial charge in [-0.25, -0.2) is 0 Å². The van der Waals surface area contributed by atoms with E-state index in [1.165, 1.54) is 6.07 Å². The predicted octanol–water partition coefficient (Wildman–Crippen LogP) is 4.54. The second-order valence-electron chi connectivity index (χ2n) is 8.22. The highest BCUT2D eigenvalue weighted by atomic mass is 16.5. The second-order valence-corrected chi connectivity index (χ2v) is 8.22. The number of Topliss-reactive ketones (excluding diaryl/α,β-unsaturated/α-hetero) is 1. The summed E-state index contributed by atoms with van der Waals surface area (Å²) in [4.78, 5) is 15.2. The molecule has 0 saturated heterocycles. The van der Waals surface area contributed by atoms with E-state index < -0.39 is 0 Å². The average Bonchev–Trinajstić information content (AvgIpc) is 3.20. The van der Waals surface area contributed by atoms with Gasteiger partial charge >= 0.3 is 0 Å². The molecule has 1 aliphatic rings. The lowest BCUT2D eigenvalue weighted by molar-refractivity contribution is 0.101. The van der Waals surface area contributed by atoms with Gasteiger partial charge in [-0.2, -0.15) is 0 Å². The molecule has 0 unspecified atom stereocenters. The lowest BCUT2D eigenvalue weighted by atomic mass is 10.0. The molecule has 2 heterocycles. The van der Waals surface area contributed by atoms with Crippen LogP contribution in [0.3, 0.4) is 0 Å². The van der Waals surface area contributed by atoms with Crippen LogP contribution in [0.25, 0.3) is 17.0 Å². The Morgan fingerprint density at radius 3 is 2.68 bits per heavy atom. The van der Waals surface area contributed by atoms with Crippen LogP contribution >= 0.6 is 0 Å². The highest BCUT2D eigenvalue weighted by molar-refractivity contribution is 6.15. The predicted molar refractivity (Wildman–Crippen MR) is 122 cm³/mol. The topological polar surface area (TPSA) is 63.9 Å². The molecule has 0 atom stereocenters. The number of ether oxygens (including phenoxy) is 2.